The molecule has 0 heterocycles. The van der Waals surface area contributed by atoms with Gasteiger partial charge in [0.25, 0.3) is 5.91 Å². The molecule has 1 fully saturated rings. The zero-order chi connectivity index (χ0) is 16.3. The van der Waals surface area contributed by atoms with E-state index in [0.717, 1.165) is 12.8 Å². The van der Waals surface area contributed by atoms with Gasteiger partial charge in [0, 0.05) is 5.56 Å². The van der Waals surface area contributed by atoms with Gasteiger partial charge in [0.2, 0.25) is 5.75 Å². The predicted octanol–water partition coefficient (Wildman–Crippen LogP) is 1.31. The maximum absolute atomic E-state index is 12.3. The fourth-order valence-electron chi connectivity index (χ4n) is 2.25. The number of carboxylic acids is 1. The van der Waals surface area contributed by atoms with Crippen molar-refractivity contribution >= 4 is 11.9 Å². The van der Waals surface area contributed by atoms with Crippen LogP contribution in [0.25, 0.3) is 0 Å². The molecule has 1 unspecified atom stereocenters. The molecule has 0 aliphatic heterocycles. The molecule has 1 amide bonds. The maximum atomic E-state index is 12.3. The first-order valence-electron chi connectivity index (χ1n) is 6.85. The number of carbonyl (C=O) groups excluding carboxylic acids is 1. The second-order valence-electron chi connectivity index (χ2n) is 5.04. The number of aliphatic carboxylic acids is 1. The summed E-state index contributed by atoms with van der Waals surface area (Å²) in [4.78, 5) is 23.5. The van der Waals surface area contributed by atoms with Gasteiger partial charge in [-0.15, -0.1) is 0 Å². The van der Waals surface area contributed by atoms with Crippen molar-refractivity contribution in [2.24, 2.45) is 5.92 Å². The Balaban J connectivity index is 2.27. The van der Waals surface area contributed by atoms with Gasteiger partial charge in [-0.2, -0.15) is 0 Å². The average molecular weight is 309 g/mol. The first-order valence-corrected chi connectivity index (χ1v) is 6.85. The summed E-state index contributed by atoms with van der Waals surface area (Å²) < 4.78 is 15.5. The Morgan fingerprint density at radius 3 is 2.05 bits per heavy atom. The van der Waals surface area contributed by atoms with E-state index < -0.39 is 17.9 Å². The maximum Gasteiger partial charge on any atom is 0.326 e. The number of benzene rings is 1. The summed E-state index contributed by atoms with van der Waals surface area (Å²) in [7, 11) is 4.36. The Labute approximate surface area is 128 Å². The summed E-state index contributed by atoms with van der Waals surface area (Å²) in [6, 6.07) is 2.11. The minimum Gasteiger partial charge on any atom is -0.493 e. The SMILES string of the molecule is COc1cc(C(=O)NC(C(=O)O)C2CC2)cc(OC)c1OC. The Bertz CT molecular complexity index is 556. The molecule has 1 aliphatic rings. The van der Waals surface area contributed by atoms with Gasteiger partial charge in [0.05, 0.1) is 21.3 Å². The second kappa shape index (κ2) is 6.55. The third-order valence-electron chi connectivity index (χ3n) is 3.57. The molecule has 1 aromatic rings. The smallest absolute Gasteiger partial charge is 0.326 e. The van der Waals surface area contributed by atoms with E-state index in [0.29, 0.717) is 17.2 Å². The molecule has 7 heteroatoms. The van der Waals surface area contributed by atoms with Crippen molar-refractivity contribution in [2.75, 3.05) is 21.3 Å². The summed E-state index contributed by atoms with van der Waals surface area (Å²) in [6.45, 7) is 0. The molecule has 1 aliphatic carbocycles. The van der Waals surface area contributed by atoms with Crippen molar-refractivity contribution in [2.45, 2.75) is 18.9 Å². The van der Waals surface area contributed by atoms with Gasteiger partial charge >= 0.3 is 5.97 Å². The van der Waals surface area contributed by atoms with E-state index in [1.54, 1.807) is 0 Å². The Hall–Kier alpha value is -2.44. The molecular weight excluding hydrogens is 290 g/mol. The normalized spacial score (nSPS) is 14.9. The zero-order valence-corrected chi connectivity index (χ0v) is 12.7. The number of carboxylic acid groups (broad SMARTS) is 1. The highest BCUT2D eigenvalue weighted by Gasteiger charge is 2.37. The number of hydrogen-bond donors (Lipinski definition) is 2. The van der Waals surface area contributed by atoms with Gasteiger partial charge in [0.1, 0.15) is 6.04 Å². The van der Waals surface area contributed by atoms with Crippen LogP contribution in [0.4, 0.5) is 0 Å². The molecule has 1 aromatic carbocycles. The molecule has 120 valence electrons. The van der Waals surface area contributed by atoms with E-state index in [-0.39, 0.29) is 11.5 Å². The van der Waals surface area contributed by atoms with Gasteiger partial charge in [-0.05, 0) is 30.9 Å². The fourth-order valence-corrected chi connectivity index (χ4v) is 2.25. The monoisotopic (exact) mass is 309 g/mol. The van der Waals surface area contributed by atoms with Crippen LogP contribution in [-0.4, -0.2) is 44.4 Å². The minimum absolute atomic E-state index is 0.00323. The number of amides is 1. The van der Waals surface area contributed by atoms with Crippen LogP contribution < -0.4 is 19.5 Å². The molecule has 1 saturated carbocycles. The fraction of sp³-hybridized carbons (Fsp3) is 0.467. The third-order valence-corrected chi connectivity index (χ3v) is 3.57. The molecule has 0 aromatic heterocycles. The van der Waals surface area contributed by atoms with Gasteiger partial charge in [0.15, 0.2) is 11.5 Å². The average Bonchev–Trinajstić information content (AvgIpc) is 3.34. The van der Waals surface area contributed by atoms with Crippen LogP contribution in [0.1, 0.15) is 23.2 Å². The number of methoxy groups -OCH3 is 3. The molecule has 1 atom stereocenters. The van der Waals surface area contributed by atoms with Crippen molar-refractivity contribution < 1.29 is 28.9 Å². The lowest BCUT2D eigenvalue weighted by atomic mass is 10.1. The zero-order valence-electron chi connectivity index (χ0n) is 12.7. The molecular formula is C15H19NO6. The van der Waals surface area contributed by atoms with E-state index >= 15 is 0 Å². The largest absolute Gasteiger partial charge is 0.493 e. The summed E-state index contributed by atoms with van der Waals surface area (Å²) in [5.41, 5.74) is 0.251. The van der Waals surface area contributed by atoms with Crippen molar-refractivity contribution in [1.29, 1.82) is 0 Å². The second-order valence-corrected chi connectivity index (χ2v) is 5.04. The van der Waals surface area contributed by atoms with Crippen molar-refractivity contribution in [1.82, 2.24) is 5.32 Å². The number of rotatable bonds is 7. The van der Waals surface area contributed by atoms with E-state index in [2.05, 4.69) is 5.32 Å². The molecule has 2 rings (SSSR count). The first kappa shape index (κ1) is 15.9. The van der Waals surface area contributed by atoms with Crippen molar-refractivity contribution in [3.8, 4) is 17.2 Å². The van der Waals surface area contributed by atoms with Crippen LogP contribution in [-0.2, 0) is 4.79 Å². The van der Waals surface area contributed by atoms with E-state index in [1.807, 2.05) is 0 Å². The van der Waals surface area contributed by atoms with E-state index in [4.69, 9.17) is 14.2 Å². The lowest BCUT2D eigenvalue weighted by molar-refractivity contribution is -0.139. The van der Waals surface area contributed by atoms with Gasteiger partial charge < -0.3 is 24.6 Å². The van der Waals surface area contributed by atoms with E-state index in [1.165, 1.54) is 33.5 Å². The van der Waals surface area contributed by atoms with Gasteiger partial charge in [-0.25, -0.2) is 4.79 Å². The molecule has 7 nitrogen and oxygen atoms in total. The molecule has 0 saturated heterocycles. The van der Waals surface area contributed by atoms with Crippen LogP contribution in [0, 0.1) is 5.92 Å². The summed E-state index contributed by atoms with van der Waals surface area (Å²) in [5, 5.41) is 11.7. The standard InChI is InChI=1S/C15H19NO6/c1-20-10-6-9(7-11(21-2)13(10)22-3)14(17)16-12(15(18)19)8-4-5-8/h6-8,12H,4-5H2,1-3H3,(H,16,17)(H,18,19). The topological polar surface area (TPSA) is 94.1 Å². The summed E-state index contributed by atoms with van der Waals surface area (Å²) in [6.07, 6.45) is 1.62. The quantitative estimate of drug-likeness (QED) is 0.788. The molecule has 0 spiro atoms. The Morgan fingerprint density at radius 2 is 1.68 bits per heavy atom. The minimum atomic E-state index is -1.02. The number of ether oxygens (including phenoxy) is 3. The molecule has 22 heavy (non-hydrogen) atoms. The van der Waals surface area contributed by atoms with Crippen molar-refractivity contribution in [3.63, 3.8) is 0 Å². The number of nitrogens with one attached hydrogen (secondary N) is 1. The van der Waals surface area contributed by atoms with Crippen LogP contribution in [0.15, 0.2) is 12.1 Å². The highest BCUT2D eigenvalue weighted by Crippen LogP contribution is 2.38. The number of carbonyl (C=O) groups is 2. The van der Waals surface area contributed by atoms with E-state index in [9.17, 15) is 14.7 Å². The van der Waals surface area contributed by atoms with Crippen molar-refractivity contribution in [3.05, 3.63) is 17.7 Å². The highest BCUT2D eigenvalue weighted by atomic mass is 16.5. The van der Waals surface area contributed by atoms with Crippen LogP contribution >= 0.6 is 0 Å². The number of hydrogen-bond acceptors (Lipinski definition) is 5. The summed E-state index contributed by atoms with van der Waals surface area (Å²) >= 11 is 0. The highest BCUT2D eigenvalue weighted by molar-refractivity contribution is 5.98. The van der Waals surface area contributed by atoms with Crippen LogP contribution in [0.3, 0.4) is 0 Å². The Kier molecular flexibility index (Phi) is 4.75. The van der Waals surface area contributed by atoms with Gasteiger partial charge in [-0.3, -0.25) is 4.79 Å². The lowest BCUT2D eigenvalue weighted by Gasteiger charge is -2.16. The van der Waals surface area contributed by atoms with Gasteiger partial charge in [-0.1, -0.05) is 0 Å². The first-order chi connectivity index (χ1) is 10.5. The summed E-state index contributed by atoms with van der Waals surface area (Å²) in [5.74, 6) is -0.459. The Morgan fingerprint density at radius 1 is 1.14 bits per heavy atom. The predicted molar refractivity (Wildman–Crippen MR) is 77.7 cm³/mol. The molecule has 2 N–H and O–H groups in total. The third kappa shape index (κ3) is 3.24. The lowest BCUT2D eigenvalue weighted by Crippen LogP contribution is -2.42. The molecule has 0 bridgehead atoms. The van der Waals surface area contributed by atoms with Crippen LogP contribution in [0.5, 0.6) is 17.2 Å². The molecule has 0 radical (unpaired) electrons. The van der Waals surface area contributed by atoms with Crippen LogP contribution in [0.2, 0.25) is 0 Å².